The predicted octanol–water partition coefficient (Wildman–Crippen LogP) is 7.08. The van der Waals surface area contributed by atoms with Crippen LogP contribution in [0.1, 0.15) is 90.9 Å². The van der Waals surface area contributed by atoms with Crippen molar-refractivity contribution >= 4 is 17.5 Å². The maximum atomic E-state index is 13.2. The van der Waals surface area contributed by atoms with E-state index in [1.54, 1.807) is 22.6 Å². The Morgan fingerprint density at radius 1 is 0.976 bits per heavy atom. The monoisotopic (exact) mass is 577 g/mol. The summed E-state index contributed by atoms with van der Waals surface area (Å²) in [4.78, 5) is 16.5. The zero-order valence-electron chi connectivity index (χ0n) is 24.4. The standard InChI is InChI=1S/C31H43N7O2S/c1-3-4-5-6-7-8-9-10-11-12-13-17-23-40-28-21-18-22-31(29(28)26(2)39,37-25-32-24-33-37)41-30-34-35-36-38(30)27-19-15-14-16-20-27/h14-16,18-22,24-25,29H,3-13,17,23H2,1-2H3. The summed E-state index contributed by atoms with van der Waals surface area (Å²) in [7, 11) is 0. The topological polar surface area (TPSA) is 101 Å². The molecule has 0 radical (unpaired) electrons. The fraction of sp³-hybridized carbons (Fsp3) is 0.548. The third-order valence-corrected chi connectivity index (χ3v) is 8.76. The van der Waals surface area contributed by atoms with E-state index in [9.17, 15) is 4.79 Å². The summed E-state index contributed by atoms with van der Waals surface area (Å²) in [6, 6.07) is 9.68. The molecule has 41 heavy (non-hydrogen) atoms. The van der Waals surface area contributed by atoms with Gasteiger partial charge in [-0.2, -0.15) is 9.78 Å². The van der Waals surface area contributed by atoms with E-state index < -0.39 is 10.8 Å². The van der Waals surface area contributed by atoms with Crippen LogP contribution in [0.25, 0.3) is 5.69 Å². The molecule has 0 spiro atoms. The minimum atomic E-state index is -0.982. The number of nitrogens with zero attached hydrogens (tertiary/aromatic N) is 7. The normalized spacial score (nSPS) is 18.4. The Labute approximate surface area is 247 Å². The van der Waals surface area contributed by atoms with Crippen molar-refractivity contribution in [2.75, 3.05) is 6.61 Å². The number of rotatable bonds is 19. The highest BCUT2D eigenvalue weighted by atomic mass is 32.2. The maximum Gasteiger partial charge on any atom is 0.216 e. The van der Waals surface area contributed by atoms with Crippen LogP contribution in [0, 0.1) is 5.92 Å². The quantitative estimate of drug-likeness (QED) is 0.139. The van der Waals surface area contributed by atoms with Gasteiger partial charge < -0.3 is 4.74 Å². The van der Waals surface area contributed by atoms with Crippen molar-refractivity contribution in [2.24, 2.45) is 5.92 Å². The minimum absolute atomic E-state index is 0.0305. The van der Waals surface area contributed by atoms with Crippen LogP contribution in [-0.2, 0) is 14.4 Å². The number of para-hydroxylation sites is 1. The van der Waals surface area contributed by atoms with E-state index in [1.807, 2.05) is 48.6 Å². The van der Waals surface area contributed by atoms with Gasteiger partial charge in [0.15, 0.2) is 4.87 Å². The molecule has 1 aliphatic rings. The Balaban J connectivity index is 1.34. The van der Waals surface area contributed by atoms with Crippen molar-refractivity contribution < 1.29 is 9.53 Å². The molecule has 0 aliphatic heterocycles. The third kappa shape index (κ3) is 8.38. The number of carbonyl (C=O) groups excluding carboxylic acids is 1. The van der Waals surface area contributed by atoms with Gasteiger partial charge in [-0.25, -0.2) is 9.67 Å². The fourth-order valence-electron chi connectivity index (χ4n) is 5.29. The number of hydrogen-bond acceptors (Lipinski definition) is 8. The number of tetrazole rings is 1. The van der Waals surface area contributed by atoms with Crippen molar-refractivity contribution in [1.29, 1.82) is 0 Å². The molecule has 2 aromatic heterocycles. The Bertz CT molecular complexity index is 1240. The smallest absolute Gasteiger partial charge is 0.216 e. The second-order valence-electron chi connectivity index (χ2n) is 10.6. The Kier molecular flexibility index (Phi) is 12.2. The average Bonchev–Trinajstić information content (AvgIpc) is 3.69. The van der Waals surface area contributed by atoms with E-state index in [4.69, 9.17) is 4.74 Å². The van der Waals surface area contributed by atoms with Gasteiger partial charge in [0.2, 0.25) is 5.16 Å². The molecule has 0 fully saturated rings. The van der Waals surface area contributed by atoms with Crippen LogP contribution in [0.2, 0.25) is 0 Å². The summed E-state index contributed by atoms with van der Waals surface area (Å²) in [5.41, 5.74) is 0.826. The van der Waals surface area contributed by atoms with Crippen LogP contribution in [0.4, 0.5) is 0 Å². The van der Waals surface area contributed by atoms with E-state index >= 15 is 0 Å². The molecule has 220 valence electrons. The van der Waals surface area contributed by atoms with Crippen LogP contribution in [0.15, 0.2) is 72.1 Å². The number of benzene rings is 1. The van der Waals surface area contributed by atoms with Gasteiger partial charge >= 0.3 is 0 Å². The lowest BCUT2D eigenvalue weighted by Crippen LogP contribution is -2.43. The average molecular weight is 578 g/mol. The molecule has 1 aromatic carbocycles. The first-order valence-corrected chi connectivity index (χ1v) is 15.9. The Morgan fingerprint density at radius 2 is 1.66 bits per heavy atom. The Morgan fingerprint density at radius 3 is 2.29 bits per heavy atom. The number of hydrogen-bond donors (Lipinski definition) is 0. The molecule has 2 unspecified atom stereocenters. The molecule has 0 saturated heterocycles. The number of aromatic nitrogens is 7. The largest absolute Gasteiger partial charge is 0.497 e. The summed E-state index contributed by atoms with van der Waals surface area (Å²) >= 11 is 1.36. The number of unbranched alkanes of at least 4 members (excludes halogenated alkanes) is 11. The summed E-state index contributed by atoms with van der Waals surface area (Å²) in [5.74, 6) is -0.0284. The molecular weight excluding hydrogens is 534 g/mol. The Hall–Kier alpha value is -3.27. The minimum Gasteiger partial charge on any atom is -0.497 e. The van der Waals surface area contributed by atoms with Crippen LogP contribution < -0.4 is 0 Å². The number of Topliss-reactive ketones (excluding diaryl/α,β-unsaturated/α-hetero) is 1. The van der Waals surface area contributed by atoms with E-state index in [0.717, 1.165) is 18.5 Å². The van der Waals surface area contributed by atoms with Crippen LogP contribution in [-0.4, -0.2) is 47.4 Å². The molecular formula is C31H43N7O2S. The lowest BCUT2D eigenvalue weighted by Gasteiger charge is -2.38. The van der Waals surface area contributed by atoms with Gasteiger partial charge in [0.25, 0.3) is 0 Å². The fourth-order valence-corrected chi connectivity index (χ4v) is 6.62. The molecule has 2 atom stereocenters. The van der Waals surface area contributed by atoms with E-state index in [0.29, 0.717) is 17.5 Å². The second-order valence-corrected chi connectivity index (χ2v) is 11.8. The molecule has 1 aliphatic carbocycles. The number of allylic oxidation sites excluding steroid dienone is 3. The maximum absolute atomic E-state index is 13.2. The molecule has 3 aromatic rings. The lowest BCUT2D eigenvalue weighted by atomic mass is 9.89. The van der Waals surface area contributed by atoms with Gasteiger partial charge in [-0.1, -0.05) is 102 Å². The van der Waals surface area contributed by atoms with E-state index in [1.165, 1.54) is 82.3 Å². The molecule has 10 heteroatoms. The highest BCUT2D eigenvalue weighted by molar-refractivity contribution is 8.00. The summed E-state index contributed by atoms with van der Waals surface area (Å²) in [5, 5.41) is 17.4. The zero-order valence-corrected chi connectivity index (χ0v) is 25.2. The molecule has 0 saturated carbocycles. The van der Waals surface area contributed by atoms with Gasteiger partial charge in [0.1, 0.15) is 30.1 Å². The van der Waals surface area contributed by atoms with Gasteiger partial charge in [-0.3, -0.25) is 4.79 Å². The van der Waals surface area contributed by atoms with Crippen molar-refractivity contribution in [3.63, 3.8) is 0 Å². The molecule has 2 heterocycles. The second kappa shape index (κ2) is 16.2. The van der Waals surface area contributed by atoms with Crippen LogP contribution in [0.3, 0.4) is 0 Å². The molecule has 0 bridgehead atoms. The molecule has 0 N–H and O–H groups in total. The van der Waals surface area contributed by atoms with Gasteiger partial charge in [-0.15, -0.1) is 5.10 Å². The van der Waals surface area contributed by atoms with Crippen molar-refractivity contribution in [2.45, 2.75) is 101 Å². The number of thioether (sulfide) groups is 1. The number of ketones is 1. The summed E-state index contributed by atoms with van der Waals surface area (Å²) in [6.07, 6.45) is 24.3. The summed E-state index contributed by atoms with van der Waals surface area (Å²) < 4.78 is 9.66. The highest BCUT2D eigenvalue weighted by Crippen LogP contribution is 2.48. The van der Waals surface area contributed by atoms with E-state index in [2.05, 4.69) is 32.5 Å². The number of carbonyl (C=O) groups is 1. The van der Waals surface area contributed by atoms with Crippen molar-refractivity contribution in [3.05, 3.63) is 67.0 Å². The SMILES string of the molecule is CCCCCCCCCCCCCCOC1=CC=CC(Sc2nnnn2-c2ccccc2)(n2cncn2)C1C(C)=O. The first-order chi connectivity index (χ1) is 20.2. The summed E-state index contributed by atoms with van der Waals surface area (Å²) in [6.45, 7) is 4.43. The van der Waals surface area contributed by atoms with Gasteiger partial charge in [0, 0.05) is 0 Å². The first-order valence-electron chi connectivity index (χ1n) is 15.1. The molecule has 4 rings (SSSR count). The molecule has 0 amide bonds. The van der Waals surface area contributed by atoms with Gasteiger partial charge in [0.05, 0.1) is 12.3 Å². The third-order valence-electron chi connectivity index (χ3n) is 7.44. The van der Waals surface area contributed by atoms with Crippen molar-refractivity contribution in [3.8, 4) is 5.69 Å². The van der Waals surface area contributed by atoms with Crippen LogP contribution >= 0.6 is 11.8 Å². The lowest BCUT2D eigenvalue weighted by molar-refractivity contribution is -0.122. The van der Waals surface area contributed by atoms with E-state index in [-0.39, 0.29) is 5.78 Å². The van der Waals surface area contributed by atoms with Crippen LogP contribution in [0.5, 0.6) is 0 Å². The van der Waals surface area contributed by atoms with Gasteiger partial charge in [-0.05, 0) is 59.8 Å². The van der Waals surface area contributed by atoms with Crippen molar-refractivity contribution in [1.82, 2.24) is 35.0 Å². The zero-order chi connectivity index (χ0) is 28.8. The molecule has 9 nitrogen and oxygen atoms in total. The predicted molar refractivity (Wildman–Crippen MR) is 161 cm³/mol. The first kappa shape index (κ1) is 30.7. The highest BCUT2D eigenvalue weighted by Gasteiger charge is 2.49. The number of ether oxygens (including phenoxy) is 1.